The second kappa shape index (κ2) is 17.0. The van der Waals surface area contributed by atoms with Crippen molar-refractivity contribution < 1.29 is 27.5 Å². The number of rotatable bonds is 10. The van der Waals surface area contributed by atoms with Gasteiger partial charge < -0.3 is 19.7 Å². The van der Waals surface area contributed by atoms with Crippen LogP contribution in [0.1, 0.15) is 88.4 Å². The molecule has 2 atom stereocenters. The molecule has 1 saturated carbocycles. The van der Waals surface area contributed by atoms with E-state index in [1.54, 1.807) is 29.2 Å². The van der Waals surface area contributed by atoms with Gasteiger partial charge in [-0.05, 0) is 94.7 Å². The number of piperazine rings is 1. The molecule has 3 aromatic carbocycles. The number of likely N-dealkylation sites (tertiary alicyclic amines) is 1. The average molecular weight is 745 g/mol. The maximum absolute atomic E-state index is 14.6. The standard InChI is InChI=1S/C42H56N4O6S/c1-31-12-11-17-34(28-31)39(33-15-9-6-10-16-33)45-26-27-46(53(49,50)37-20-18-36(19-21-37)51-30-32-13-7-5-8-14-32)38(29-45)40(47)44-24-22-35(23-25-44)43-41(48)52-42(2,3)4/h6,9-12,15-21,28,32,35,38-39H,5,7-8,13-14,22-27,29-30H2,1-4H3,(H,43,48)/t38-,39?/m0/s1. The van der Waals surface area contributed by atoms with E-state index in [2.05, 4.69) is 47.5 Å². The minimum Gasteiger partial charge on any atom is -0.493 e. The van der Waals surface area contributed by atoms with Crippen LogP contribution in [0.4, 0.5) is 4.79 Å². The van der Waals surface area contributed by atoms with E-state index >= 15 is 0 Å². The van der Waals surface area contributed by atoms with Gasteiger partial charge in [-0.25, -0.2) is 13.2 Å². The minimum absolute atomic E-state index is 0.140. The predicted molar refractivity (Wildman–Crippen MR) is 206 cm³/mol. The molecule has 10 nitrogen and oxygen atoms in total. The SMILES string of the molecule is Cc1cccc(C(c2ccccc2)N2CCN(S(=O)(=O)c3ccc(OCC4CCCCC4)cc3)[C@H](C(=O)N3CCC(NC(=O)OC(C)(C)C)CC3)C2)c1. The number of amides is 2. The Hall–Kier alpha value is -3.93. The van der Waals surface area contributed by atoms with Gasteiger partial charge >= 0.3 is 6.09 Å². The normalized spacial score (nSPS) is 20.5. The summed E-state index contributed by atoms with van der Waals surface area (Å²) in [6.07, 6.45) is 6.70. The molecule has 11 heteroatoms. The van der Waals surface area contributed by atoms with Crippen molar-refractivity contribution in [3.05, 3.63) is 95.6 Å². The number of hydrogen-bond acceptors (Lipinski definition) is 7. The second-order valence-electron chi connectivity index (χ2n) is 15.9. The lowest BCUT2D eigenvalue weighted by molar-refractivity contribution is -0.138. The first-order valence-corrected chi connectivity index (χ1v) is 20.7. The molecule has 3 fully saturated rings. The molecule has 3 aliphatic rings. The molecule has 2 saturated heterocycles. The number of carbonyl (C=O) groups is 2. The van der Waals surface area contributed by atoms with Crippen LogP contribution in [0, 0.1) is 12.8 Å². The summed E-state index contributed by atoms with van der Waals surface area (Å²) in [7, 11) is -4.05. The van der Waals surface area contributed by atoms with Crippen molar-refractivity contribution in [3.63, 3.8) is 0 Å². The summed E-state index contributed by atoms with van der Waals surface area (Å²) in [5.74, 6) is 0.962. The van der Waals surface area contributed by atoms with Crippen molar-refractivity contribution >= 4 is 22.0 Å². The third-order valence-electron chi connectivity index (χ3n) is 10.7. The van der Waals surface area contributed by atoms with Gasteiger partial charge in [-0.2, -0.15) is 4.31 Å². The number of benzene rings is 3. The van der Waals surface area contributed by atoms with Crippen LogP contribution >= 0.6 is 0 Å². The van der Waals surface area contributed by atoms with Crippen LogP contribution in [0.25, 0.3) is 0 Å². The number of piperidine rings is 1. The van der Waals surface area contributed by atoms with Gasteiger partial charge in [0.15, 0.2) is 0 Å². The molecule has 1 aliphatic carbocycles. The van der Waals surface area contributed by atoms with Crippen molar-refractivity contribution in [1.82, 2.24) is 19.4 Å². The maximum atomic E-state index is 14.6. The van der Waals surface area contributed by atoms with Crippen molar-refractivity contribution in [2.24, 2.45) is 5.92 Å². The van der Waals surface area contributed by atoms with Gasteiger partial charge in [-0.1, -0.05) is 79.4 Å². The molecule has 2 amide bonds. The number of carbonyl (C=O) groups excluding carboxylic acids is 2. The fourth-order valence-corrected chi connectivity index (χ4v) is 9.51. The summed E-state index contributed by atoms with van der Waals surface area (Å²) in [5, 5.41) is 2.94. The monoisotopic (exact) mass is 744 g/mol. The number of aryl methyl sites for hydroxylation is 1. The van der Waals surface area contributed by atoms with E-state index in [4.69, 9.17) is 9.47 Å². The van der Waals surface area contributed by atoms with E-state index in [0.29, 0.717) is 50.8 Å². The maximum Gasteiger partial charge on any atom is 0.407 e. The Bertz CT molecular complexity index is 1780. The van der Waals surface area contributed by atoms with E-state index in [1.165, 1.54) is 36.4 Å². The topological polar surface area (TPSA) is 108 Å². The van der Waals surface area contributed by atoms with Crippen LogP contribution in [-0.2, 0) is 19.6 Å². The fourth-order valence-electron chi connectivity index (χ4n) is 7.94. The van der Waals surface area contributed by atoms with Gasteiger partial charge in [-0.15, -0.1) is 0 Å². The van der Waals surface area contributed by atoms with Crippen LogP contribution < -0.4 is 10.1 Å². The number of sulfonamides is 1. The summed E-state index contributed by atoms with van der Waals surface area (Å²) in [4.78, 5) is 31.2. The quantitative estimate of drug-likeness (QED) is 0.240. The molecule has 286 valence electrons. The minimum atomic E-state index is -4.05. The molecule has 0 spiro atoms. The van der Waals surface area contributed by atoms with E-state index in [-0.39, 0.29) is 36.0 Å². The van der Waals surface area contributed by atoms with Crippen LogP contribution in [0.3, 0.4) is 0 Å². The van der Waals surface area contributed by atoms with Crippen LogP contribution in [-0.4, -0.2) is 91.5 Å². The summed E-state index contributed by atoms with van der Waals surface area (Å²) >= 11 is 0. The highest BCUT2D eigenvalue weighted by Gasteiger charge is 2.44. The zero-order valence-corrected chi connectivity index (χ0v) is 32.5. The number of nitrogens with zero attached hydrogens (tertiary/aromatic N) is 3. The first-order valence-electron chi connectivity index (χ1n) is 19.3. The van der Waals surface area contributed by atoms with E-state index in [9.17, 15) is 18.0 Å². The van der Waals surface area contributed by atoms with E-state index < -0.39 is 27.8 Å². The number of ether oxygens (including phenoxy) is 2. The fraction of sp³-hybridized carbons (Fsp3) is 0.524. The van der Waals surface area contributed by atoms with Gasteiger partial charge in [0.1, 0.15) is 17.4 Å². The Morgan fingerprint density at radius 3 is 2.17 bits per heavy atom. The Morgan fingerprint density at radius 1 is 0.830 bits per heavy atom. The molecule has 1 N–H and O–H groups in total. The largest absolute Gasteiger partial charge is 0.493 e. The number of hydrogen-bond donors (Lipinski definition) is 1. The lowest BCUT2D eigenvalue weighted by atomic mass is 9.90. The number of alkyl carbamates (subject to hydrolysis) is 1. The molecule has 2 heterocycles. The highest BCUT2D eigenvalue weighted by molar-refractivity contribution is 7.89. The van der Waals surface area contributed by atoms with Crippen LogP contribution in [0.2, 0.25) is 0 Å². The molecule has 0 aromatic heterocycles. The molecule has 1 unspecified atom stereocenters. The first kappa shape index (κ1) is 38.8. The van der Waals surface area contributed by atoms with Crippen molar-refractivity contribution in [3.8, 4) is 5.75 Å². The van der Waals surface area contributed by atoms with Crippen molar-refractivity contribution in [1.29, 1.82) is 0 Å². The van der Waals surface area contributed by atoms with Crippen molar-refractivity contribution in [2.45, 2.75) is 101 Å². The van der Waals surface area contributed by atoms with Gasteiger partial charge in [-0.3, -0.25) is 9.69 Å². The molecule has 53 heavy (non-hydrogen) atoms. The van der Waals surface area contributed by atoms with Gasteiger partial charge in [0.25, 0.3) is 0 Å². The zero-order chi connectivity index (χ0) is 37.6. The molecule has 0 bridgehead atoms. The Labute approximate surface area is 315 Å². The third-order valence-corrected chi connectivity index (χ3v) is 12.6. The Morgan fingerprint density at radius 2 is 1.51 bits per heavy atom. The zero-order valence-electron chi connectivity index (χ0n) is 31.7. The Balaban J connectivity index is 1.24. The molecular formula is C42H56N4O6S. The third kappa shape index (κ3) is 9.99. The van der Waals surface area contributed by atoms with E-state index in [1.807, 2.05) is 45.0 Å². The first-order chi connectivity index (χ1) is 25.4. The highest BCUT2D eigenvalue weighted by atomic mass is 32.2. The summed E-state index contributed by atoms with van der Waals surface area (Å²) in [5.41, 5.74) is 2.70. The molecule has 3 aromatic rings. The van der Waals surface area contributed by atoms with Crippen LogP contribution in [0.15, 0.2) is 83.8 Å². The molecular weight excluding hydrogens is 689 g/mol. The van der Waals surface area contributed by atoms with E-state index in [0.717, 1.165) is 16.7 Å². The van der Waals surface area contributed by atoms with Crippen LogP contribution in [0.5, 0.6) is 5.75 Å². The Kier molecular flexibility index (Phi) is 12.5. The summed E-state index contributed by atoms with van der Waals surface area (Å²) in [6.45, 7) is 9.80. The van der Waals surface area contributed by atoms with Gasteiger partial charge in [0, 0.05) is 38.8 Å². The molecule has 2 aliphatic heterocycles. The highest BCUT2D eigenvalue weighted by Crippen LogP contribution is 2.34. The van der Waals surface area contributed by atoms with Gasteiger partial charge in [0.05, 0.1) is 17.5 Å². The molecule has 6 rings (SSSR count). The lowest BCUT2D eigenvalue weighted by Gasteiger charge is -2.45. The van der Waals surface area contributed by atoms with Gasteiger partial charge in [0.2, 0.25) is 15.9 Å². The predicted octanol–water partition coefficient (Wildman–Crippen LogP) is 6.93. The lowest BCUT2D eigenvalue weighted by Crippen LogP contribution is -2.62. The smallest absolute Gasteiger partial charge is 0.407 e. The average Bonchev–Trinajstić information content (AvgIpc) is 3.14. The summed E-state index contributed by atoms with van der Waals surface area (Å²) in [6, 6.07) is 24.0. The summed E-state index contributed by atoms with van der Waals surface area (Å²) < 4.78 is 41.9. The van der Waals surface area contributed by atoms with Crippen molar-refractivity contribution in [2.75, 3.05) is 39.3 Å². The molecule has 0 radical (unpaired) electrons. The number of nitrogens with one attached hydrogen (secondary N) is 1. The second-order valence-corrected chi connectivity index (χ2v) is 17.8.